The number of rotatable bonds is 7. The molecule has 2 N–H and O–H groups in total. The summed E-state index contributed by atoms with van der Waals surface area (Å²) in [5, 5.41) is 0. The molecule has 0 unspecified atom stereocenters. The molecule has 3 rings (SSSR count). The molecule has 3 nitrogen and oxygen atoms in total. The third-order valence-corrected chi connectivity index (χ3v) is 4.10. The Morgan fingerprint density at radius 3 is 2.03 bits per heavy atom. The van der Waals surface area contributed by atoms with Crippen LogP contribution >= 0.6 is 12.4 Å². The summed E-state index contributed by atoms with van der Waals surface area (Å²) in [4.78, 5) is 0. The van der Waals surface area contributed by atoms with E-state index < -0.39 is 11.7 Å². The van der Waals surface area contributed by atoms with Crippen LogP contribution in [0.1, 0.15) is 11.1 Å². The van der Waals surface area contributed by atoms with Crippen molar-refractivity contribution in [2.24, 2.45) is 5.73 Å². The summed E-state index contributed by atoms with van der Waals surface area (Å²) in [7, 11) is 0. The highest BCUT2D eigenvalue weighted by Gasteiger charge is 2.30. The number of alkyl halides is 3. The average molecular weight is 424 g/mol. The van der Waals surface area contributed by atoms with Crippen LogP contribution in [0, 0.1) is 0 Å². The van der Waals surface area contributed by atoms with Crippen LogP contribution in [-0.4, -0.2) is 13.2 Å². The minimum absolute atomic E-state index is 0. The van der Waals surface area contributed by atoms with E-state index in [1.54, 1.807) is 18.2 Å². The van der Waals surface area contributed by atoms with Crippen LogP contribution in [0.4, 0.5) is 13.2 Å². The van der Waals surface area contributed by atoms with Gasteiger partial charge < -0.3 is 15.2 Å². The van der Waals surface area contributed by atoms with Gasteiger partial charge in [0.2, 0.25) is 0 Å². The molecule has 0 aromatic heterocycles. The molecule has 0 atom stereocenters. The van der Waals surface area contributed by atoms with Crippen molar-refractivity contribution in [3.63, 3.8) is 0 Å². The Kier molecular flexibility index (Phi) is 7.93. The van der Waals surface area contributed by atoms with Gasteiger partial charge in [-0.2, -0.15) is 13.2 Å². The van der Waals surface area contributed by atoms with Crippen LogP contribution < -0.4 is 15.2 Å². The van der Waals surface area contributed by atoms with Crippen LogP contribution in [0.3, 0.4) is 0 Å². The summed E-state index contributed by atoms with van der Waals surface area (Å²) in [6.07, 6.45) is -4.36. The van der Waals surface area contributed by atoms with Crippen molar-refractivity contribution in [2.75, 3.05) is 13.2 Å². The summed E-state index contributed by atoms with van der Waals surface area (Å²) < 4.78 is 49.9. The number of ether oxygens (including phenoxy) is 2. The topological polar surface area (TPSA) is 44.5 Å². The van der Waals surface area contributed by atoms with E-state index in [2.05, 4.69) is 0 Å². The largest absolute Gasteiger partial charge is 0.488 e. The Morgan fingerprint density at radius 1 is 0.759 bits per heavy atom. The normalized spacial score (nSPS) is 10.9. The molecule has 0 spiro atoms. The molecule has 0 saturated heterocycles. The second-order valence-electron chi connectivity index (χ2n) is 6.15. The van der Waals surface area contributed by atoms with Crippen molar-refractivity contribution in [3.8, 4) is 22.6 Å². The van der Waals surface area contributed by atoms with Crippen LogP contribution in [0.25, 0.3) is 11.1 Å². The Balaban J connectivity index is 0.00000300. The first kappa shape index (κ1) is 22.6. The second kappa shape index (κ2) is 10.2. The van der Waals surface area contributed by atoms with Gasteiger partial charge in [-0.05, 0) is 41.0 Å². The van der Waals surface area contributed by atoms with Gasteiger partial charge in [0.15, 0.2) is 11.5 Å². The molecular formula is C22H21ClF3NO2. The summed E-state index contributed by atoms with van der Waals surface area (Å²) in [6, 6.07) is 20.0. The molecule has 154 valence electrons. The molecule has 0 aliphatic rings. The standard InChI is InChI=1S/C22H20F3NO2.ClH/c23-22(24,25)19-9-6-17(7-10-19)18-8-11-20(27-13-12-26)21(14-18)28-15-16-4-2-1-3-5-16;/h1-11,14H,12-13,15,26H2;1H. The summed E-state index contributed by atoms with van der Waals surface area (Å²) in [6.45, 7) is 1.04. The molecule has 0 bridgehead atoms. The maximum Gasteiger partial charge on any atom is 0.416 e. The summed E-state index contributed by atoms with van der Waals surface area (Å²) >= 11 is 0. The Hall–Kier alpha value is -2.70. The maximum atomic E-state index is 12.8. The van der Waals surface area contributed by atoms with E-state index in [0.717, 1.165) is 23.3 Å². The zero-order valence-electron chi connectivity index (χ0n) is 15.5. The number of hydrogen-bond acceptors (Lipinski definition) is 3. The van der Waals surface area contributed by atoms with E-state index in [4.69, 9.17) is 15.2 Å². The third-order valence-electron chi connectivity index (χ3n) is 4.10. The first-order valence-electron chi connectivity index (χ1n) is 8.78. The lowest BCUT2D eigenvalue weighted by atomic mass is 10.0. The predicted molar refractivity (Wildman–Crippen MR) is 109 cm³/mol. The monoisotopic (exact) mass is 423 g/mol. The minimum atomic E-state index is -4.36. The smallest absolute Gasteiger partial charge is 0.416 e. The molecule has 0 saturated carbocycles. The molecule has 0 heterocycles. The molecule has 0 aliphatic heterocycles. The van der Waals surface area contributed by atoms with Gasteiger partial charge in [-0.1, -0.05) is 48.5 Å². The highest BCUT2D eigenvalue weighted by molar-refractivity contribution is 5.85. The molecule has 7 heteroatoms. The van der Waals surface area contributed by atoms with E-state index >= 15 is 0 Å². The number of nitrogens with two attached hydrogens (primary N) is 1. The second-order valence-corrected chi connectivity index (χ2v) is 6.15. The van der Waals surface area contributed by atoms with E-state index in [1.165, 1.54) is 12.1 Å². The van der Waals surface area contributed by atoms with E-state index in [-0.39, 0.29) is 12.4 Å². The Bertz CT molecular complexity index is 900. The van der Waals surface area contributed by atoms with Crippen LogP contribution in [0.2, 0.25) is 0 Å². The lowest BCUT2D eigenvalue weighted by Crippen LogP contribution is -2.11. The van der Waals surface area contributed by atoms with Crippen molar-refractivity contribution < 1.29 is 22.6 Å². The molecule has 29 heavy (non-hydrogen) atoms. The fraction of sp³-hybridized carbons (Fsp3) is 0.182. The van der Waals surface area contributed by atoms with Gasteiger partial charge >= 0.3 is 6.18 Å². The molecular weight excluding hydrogens is 403 g/mol. The van der Waals surface area contributed by atoms with Gasteiger partial charge in [-0.25, -0.2) is 0 Å². The van der Waals surface area contributed by atoms with E-state index in [1.807, 2.05) is 30.3 Å². The van der Waals surface area contributed by atoms with Crippen molar-refractivity contribution in [1.29, 1.82) is 0 Å². The van der Waals surface area contributed by atoms with Gasteiger partial charge in [0.25, 0.3) is 0 Å². The quantitative estimate of drug-likeness (QED) is 0.529. The van der Waals surface area contributed by atoms with Crippen molar-refractivity contribution in [1.82, 2.24) is 0 Å². The van der Waals surface area contributed by atoms with Gasteiger partial charge in [-0.3, -0.25) is 0 Å². The molecule has 0 fully saturated rings. The van der Waals surface area contributed by atoms with E-state index in [0.29, 0.717) is 36.8 Å². The first-order valence-corrected chi connectivity index (χ1v) is 8.78. The molecule has 3 aromatic carbocycles. The summed E-state index contributed by atoms with van der Waals surface area (Å²) in [5.41, 5.74) is 7.20. The fourth-order valence-electron chi connectivity index (χ4n) is 2.68. The first-order chi connectivity index (χ1) is 13.5. The third kappa shape index (κ3) is 6.14. The van der Waals surface area contributed by atoms with Gasteiger partial charge in [0.05, 0.1) is 5.56 Å². The van der Waals surface area contributed by atoms with Crippen molar-refractivity contribution in [3.05, 3.63) is 83.9 Å². The summed E-state index contributed by atoms with van der Waals surface area (Å²) in [5.74, 6) is 1.05. The van der Waals surface area contributed by atoms with Crippen LogP contribution in [0.15, 0.2) is 72.8 Å². The highest BCUT2D eigenvalue weighted by Crippen LogP contribution is 2.35. The molecule has 0 amide bonds. The predicted octanol–water partition coefficient (Wildman–Crippen LogP) is 5.71. The van der Waals surface area contributed by atoms with Crippen LogP contribution in [0.5, 0.6) is 11.5 Å². The fourth-order valence-corrected chi connectivity index (χ4v) is 2.68. The molecule has 0 radical (unpaired) electrons. The SMILES string of the molecule is Cl.NCCOc1ccc(-c2ccc(C(F)(F)F)cc2)cc1OCc1ccccc1. The van der Waals surface area contributed by atoms with Crippen LogP contribution in [-0.2, 0) is 12.8 Å². The minimum Gasteiger partial charge on any atom is -0.488 e. The maximum absolute atomic E-state index is 12.8. The van der Waals surface area contributed by atoms with Crippen molar-refractivity contribution >= 4 is 12.4 Å². The highest BCUT2D eigenvalue weighted by atomic mass is 35.5. The average Bonchev–Trinajstić information content (AvgIpc) is 2.71. The van der Waals surface area contributed by atoms with Gasteiger partial charge in [-0.15, -0.1) is 12.4 Å². The van der Waals surface area contributed by atoms with Crippen molar-refractivity contribution in [2.45, 2.75) is 12.8 Å². The Labute approximate surface area is 173 Å². The lowest BCUT2D eigenvalue weighted by Gasteiger charge is -2.14. The molecule has 0 aliphatic carbocycles. The van der Waals surface area contributed by atoms with Gasteiger partial charge in [0.1, 0.15) is 13.2 Å². The number of benzene rings is 3. The Morgan fingerprint density at radius 2 is 1.41 bits per heavy atom. The number of halogens is 4. The van der Waals surface area contributed by atoms with E-state index in [9.17, 15) is 13.2 Å². The zero-order chi connectivity index (χ0) is 20.0. The number of hydrogen-bond donors (Lipinski definition) is 1. The zero-order valence-corrected chi connectivity index (χ0v) is 16.3. The molecule has 3 aromatic rings. The lowest BCUT2D eigenvalue weighted by molar-refractivity contribution is -0.137. The van der Waals surface area contributed by atoms with Gasteiger partial charge in [0, 0.05) is 6.54 Å².